The topological polar surface area (TPSA) is 36.4 Å². The van der Waals surface area contributed by atoms with E-state index in [1.807, 2.05) is 12.1 Å². The van der Waals surface area contributed by atoms with E-state index < -0.39 is 6.10 Å². The predicted octanol–water partition coefficient (Wildman–Crippen LogP) is 3.01. The molecule has 3 heteroatoms. The minimum Gasteiger partial charge on any atom is -0.389 e. The largest absolute Gasteiger partial charge is 0.389 e. The van der Waals surface area contributed by atoms with E-state index in [1.54, 1.807) is 13.1 Å². The van der Waals surface area contributed by atoms with E-state index in [2.05, 4.69) is 30.7 Å². The van der Waals surface area contributed by atoms with E-state index in [9.17, 15) is 5.11 Å². The molecule has 1 fully saturated rings. The molecule has 2 heterocycles. The molecule has 0 aromatic carbocycles. The number of aromatic nitrogens is 1. The average Bonchev–Trinajstić information content (AvgIpc) is 2.78. The fourth-order valence-corrected chi connectivity index (χ4v) is 2.54. The third-order valence-electron chi connectivity index (χ3n) is 3.99. The first kappa shape index (κ1) is 13.3. The first-order valence-electron chi connectivity index (χ1n) is 6.77. The Morgan fingerprint density at radius 2 is 2.17 bits per heavy atom. The molecule has 1 N–H and O–H groups in total. The lowest BCUT2D eigenvalue weighted by atomic mass is 9.80. The van der Waals surface area contributed by atoms with Crippen molar-refractivity contribution in [1.29, 1.82) is 0 Å². The molecule has 1 unspecified atom stereocenters. The number of hydrogen-bond acceptors (Lipinski definition) is 3. The molecule has 1 saturated heterocycles. The van der Waals surface area contributed by atoms with Gasteiger partial charge in [-0.2, -0.15) is 0 Å². The molecule has 0 spiro atoms. The fourth-order valence-electron chi connectivity index (χ4n) is 2.54. The summed E-state index contributed by atoms with van der Waals surface area (Å²) in [5.74, 6) is 1.72. The zero-order chi connectivity index (χ0) is 13.3. The summed E-state index contributed by atoms with van der Waals surface area (Å²) in [5, 5.41) is 9.63. The Morgan fingerprint density at radius 1 is 1.44 bits per heavy atom. The van der Waals surface area contributed by atoms with E-state index in [0.29, 0.717) is 5.41 Å². The highest BCUT2D eigenvalue weighted by atomic mass is 16.3. The van der Waals surface area contributed by atoms with Crippen molar-refractivity contribution in [3.8, 4) is 0 Å². The first-order valence-corrected chi connectivity index (χ1v) is 6.77. The molecular formula is C15H24N2O. The normalized spacial score (nSPS) is 22.3. The van der Waals surface area contributed by atoms with E-state index in [1.165, 1.54) is 6.42 Å². The van der Waals surface area contributed by atoms with Crippen LogP contribution < -0.4 is 4.90 Å². The standard InChI is InChI=1S/C15H24N2O/c1-11(18)12-5-7-16-14(9-12)17-8-6-13(10-17)15(2,3)4/h5,7,9,11,13,18H,6,8,10H2,1-4H3/t11-,13?/m1/s1. The third-order valence-corrected chi connectivity index (χ3v) is 3.99. The van der Waals surface area contributed by atoms with Crippen LogP contribution in [-0.2, 0) is 0 Å². The fraction of sp³-hybridized carbons (Fsp3) is 0.667. The Balaban J connectivity index is 2.12. The summed E-state index contributed by atoms with van der Waals surface area (Å²) in [6, 6.07) is 3.89. The van der Waals surface area contributed by atoms with Gasteiger partial charge in [0.25, 0.3) is 0 Å². The summed E-state index contributed by atoms with van der Waals surface area (Å²) in [6.45, 7) is 10.8. The van der Waals surface area contributed by atoms with Crippen LogP contribution in [0.15, 0.2) is 18.3 Å². The minimum atomic E-state index is -0.423. The molecule has 0 saturated carbocycles. The predicted molar refractivity (Wildman–Crippen MR) is 74.6 cm³/mol. The molecule has 100 valence electrons. The van der Waals surface area contributed by atoms with Crippen molar-refractivity contribution >= 4 is 5.82 Å². The second-order valence-corrected chi connectivity index (χ2v) is 6.42. The molecule has 1 aromatic rings. The maximum atomic E-state index is 9.63. The molecule has 1 aliphatic heterocycles. The summed E-state index contributed by atoms with van der Waals surface area (Å²) in [6.07, 6.45) is 2.60. The molecule has 3 nitrogen and oxygen atoms in total. The number of aliphatic hydroxyl groups excluding tert-OH is 1. The van der Waals surface area contributed by atoms with Crippen LogP contribution in [-0.4, -0.2) is 23.2 Å². The Bertz CT molecular complexity index is 409. The summed E-state index contributed by atoms with van der Waals surface area (Å²) in [5.41, 5.74) is 1.30. The quantitative estimate of drug-likeness (QED) is 0.874. The number of anilines is 1. The lowest BCUT2D eigenvalue weighted by Gasteiger charge is -2.27. The van der Waals surface area contributed by atoms with E-state index in [-0.39, 0.29) is 0 Å². The summed E-state index contributed by atoms with van der Waals surface area (Å²) in [4.78, 5) is 6.77. The van der Waals surface area contributed by atoms with E-state index in [0.717, 1.165) is 30.4 Å². The van der Waals surface area contributed by atoms with Crippen molar-refractivity contribution < 1.29 is 5.11 Å². The lowest BCUT2D eigenvalue weighted by molar-refractivity contribution is 0.199. The molecule has 0 amide bonds. The van der Waals surface area contributed by atoms with Crippen molar-refractivity contribution in [3.63, 3.8) is 0 Å². The van der Waals surface area contributed by atoms with Crippen molar-refractivity contribution in [2.75, 3.05) is 18.0 Å². The highest BCUT2D eigenvalue weighted by Gasteiger charge is 2.32. The van der Waals surface area contributed by atoms with Gasteiger partial charge in [-0.15, -0.1) is 0 Å². The van der Waals surface area contributed by atoms with Gasteiger partial charge in [-0.1, -0.05) is 20.8 Å². The van der Waals surface area contributed by atoms with Gasteiger partial charge in [0.1, 0.15) is 5.82 Å². The van der Waals surface area contributed by atoms with Crippen molar-refractivity contribution in [1.82, 2.24) is 4.98 Å². The van der Waals surface area contributed by atoms with Crippen LogP contribution in [0.2, 0.25) is 0 Å². The molecule has 0 radical (unpaired) electrons. The van der Waals surface area contributed by atoms with Gasteiger partial charge in [0.15, 0.2) is 0 Å². The van der Waals surface area contributed by atoms with Gasteiger partial charge in [-0.3, -0.25) is 0 Å². The summed E-state index contributed by atoms with van der Waals surface area (Å²) >= 11 is 0. The second-order valence-electron chi connectivity index (χ2n) is 6.42. The first-order chi connectivity index (χ1) is 8.38. The van der Waals surface area contributed by atoms with Gasteiger partial charge in [-0.05, 0) is 42.4 Å². The number of hydrogen-bond donors (Lipinski definition) is 1. The van der Waals surface area contributed by atoms with Crippen LogP contribution in [0.25, 0.3) is 0 Å². The van der Waals surface area contributed by atoms with Gasteiger partial charge in [0.2, 0.25) is 0 Å². The van der Waals surface area contributed by atoms with Crippen LogP contribution >= 0.6 is 0 Å². The zero-order valence-corrected chi connectivity index (χ0v) is 11.8. The van der Waals surface area contributed by atoms with Gasteiger partial charge in [-0.25, -0.2) is 4.98 Å². The van der Waals surface area contributed by atoms with E-state index in [4.69, 9.17) is 0 Å². The van der Waals surface area contributed by atoms with Crippen LogP contribution in [0.3, 0.4) is 0 Å². The molecule has 2 atom stereocenters. The average molecular weight is 248 g/mol. The third kappa shape index (κ3) is 2.83. The molecule has 2 rings (SSSR count). The van der Waals surface area contributed by atoms with Gasteiger partial charge >= 0.3 is 0 Å². The Hall–Kier alpha value is -1.09. The highest BCUT2D eigenvalue weighted by molar-refractivity contribution is 5.42. The van der Waals surface area contributed by atoms with Crippen LogP contribution in [0.4, 0.5) is 5.82 Å². The monoisotopic (exact) mass is 248 g/mol. The van der Waals surface area contributed by atoms with Crippen molar-refractivity contribution in [3.05, 3.63) is 23.9 Å². The Morgan fingerprint density at radius 3 is 2.72 bits per heavy atom. The SMILES string of the molecule is C[C@@H](O)c1ccnc(N2CCC(C(C)(C)C)C2)c1. The van der Waals surface area contributed by atoms with Crippen molar-refractivity contribution in [2.45, 2.75) is 40.2 Å². The van der Waals surface area contributed by atoms with E-state index >= 15 is 0 Å². The molecule has 0 aliphatic carbocycles. The van der Waals surface area contributed by atoms with Gasteiger partial charge < -0.3 is 10.0 Å². The van der Waals surface area contributed by atoms with Gasteiger partial charge in [0.05, 0.1) is 6.10 Å². The number of nitrogens with zero attached hydrogens (tertiary/aromatic N) is 2. The second kappa shape index (κ2) is 4.88. The number of pyridine rings is 1. The van der Waals surface area contributed by atoms with Crippen LogP contribution in [0, 0.1) is 11.3 Å². The van der Waals surface area contributed by atoms with Crippen molar-refractivity contribution in [2.24, 2.45) is 11.3 Å². The van der Waals surface area contributed by atoms with Crippen LogP contribution in [0.5, 0.6) is 0 Å². The Kier molecular flexibility index (Phi) is 3.62. The summed E-state index contributed by atoms with van der Waals surface area (Å²) in [7, 11) is 0. The maximum Gasteiger partial charge on any atom is 0.128 e. The Labute approximate surface area is 110 Å². The number of aliphatic hydroxyl groups is 1. The maximum absolute atomic E-state index is 9.63. The molecule has 1 aromatic heterocycles. The smallest absolute Gasteiger partial charge is 0.128 e. The zero-order valence-electron chi connectivity index (χ0n) is 11.8. The lowest BCUT2D eigenvalue weighted by Crippen LogP contribution is -2.26. The molecular weight excluding hydrogens is 224 g/mol. The highest BCUT2D eigenvalue weighted by Crippen LogP contribution is 2.35. The number of rotatable bonds is 2. The minimum absolute atomic E-state index is 0.358. The van der Waals surface area contributed by atoms with Gasteiger partial charge in [0, 0.05) is 19.3 Å². The molecule has 1 aliphatic rings. The summed E-state index contributed by atoms with van der Waals surface area (Å²) < 4.78 is 0. The molecule has 0 bridgehead atoms. The molecule has 18 heavy (non-hydrogen) atoms. The van der Waals surface area contributed by atoms with Crippen LogP contribution in [0.1, 0.15) is 45.8 Å².